The first kappa shape index (κ1) is 16.4. The molecule has 1 heteroatoms. The van der Waals surface area contributed by atoms with Gasteiger partial charge in [0.05, 0.1) is 6.07 Å². The fraction of sp³-hybridized carbons (Fsp3) is 0.952. The monoisotopic (exact) mass is 301 g/mol. The van der Waals surface area contributed by atoms with Gasteiger partial charge in [0, 0.05) is 5.92 Å². The van der Waals surface area contributed by atoms with Crippen molar-refractivity contribution in [3.05, 3.63) is 0 Å². The smallest absolute Gasteiger partial charge is 0.0655 e. The van der Waals surface area contributed by atoms with Crippen LogP contribution in [0, 0.1) is 46.8 Å². The Labute approximate surface area is 137 Å². The van der Waals surface area contributed by atoms with E-state index in [2.05, 4.69) is 13.0 Å². The van der Waals surface area contributed by atoms with Gasteiger partial charge in [-0.3, -0.25) is 0 Å². The van der Waals surface area contributed by atoms with Crippen LogP contribution in [0.15, 0.2) is 0 Å². The highest BCUT2D eigenvalue weighted by molar-refractivity contribution is 4.90. The minimum Gasteiger partial charge on any atom is -0.198 e. The normalized spacial score (nSPS) is 43.5. The fourth-order valence-corrected chi connectivity index (χ4v) is 5.88. The number of nitriles is 1. The average Bonchev–Trinajstić information content (AvgIpc) is 2.62. The SMILES string of the molecule is CC[C@H]1CC[C@H](C2CCC([C@H]3CC[C@@H](C#N)CC3)CC2)CC1. The van der Waals surface area contributed by atoms with E-state index in [4.69, 9.17) is 5.26 Å². The van der Waals surface area contributed by atoms with Crippen LogP contribution in [0.5, 0.6) is 0 Å². The highest BCUT2D eigenvalue weighted by Gasteiger charge is 2.34. The first-order chi connectivity index (χ1) is 10.8. The molecule has 1 nitrogen and oxygen atoms in total. The second-order valence-electron chi connectivity index (χ2n) is 8.60. The quantitative estimate of drug-likeness (QED) is 0.596. The van der Waals surface area contributed by atoms with Crippen LogP contribution in [-0.2, 0) is 0 Å². The predicted molar refractivity (Wildman–Crippen MR) is 92.2 cm³/mol. The van der Waals surface area contributed by atoms with Gasteiger partial charge in [-0.2, -0.15) is 5.26 Å². The molecule has 3 rings (SSSR count). The first-order valence-corrected chi connectivity index (χ1v) is 10.2. The molecule has 0 aliphatic heterocycles. The van der Waals surface area contributed by atoms with Crippen LogP contribution in [0.1, 0.15) is 90.4 Å². The molecule has 0 unspecified atom stereocenters. The van der Waals surface area contributed by atoms with Crippen molar-refractivity contribution < 1.29 is 0 Å². The average molecular weight is 302 g/mol. The Hall–Kier alpha value is -0.510. The second-order valence-corrected chi connectivity index (χ2v) is 8.60. The Morgan fingerprint density at radius 3 is 1.36 bits per heavy atom. The third kappa shape index (κ3) is 3.87. The summed E-state index contributed by atoms with van der Waals surface area (Å²) in [6.07, 6.45) is 18.6. The predicted octanol–water partition coefficient (Wildman–Crippen LogP) is 6.34. The highest BCUT2D eigenvalue weighted by atomic mass is 14.4. The molecule has 0 amide bonds. The summed E-state index contributed by atoms with van der Waals surface area (Å²) in [6, 6.07) is 2.49. The fourth-order valence-electron chi connectivity index (χ4n) is 5.88. The summed E-state index contributed by atoms with van der Waals surface area (Å²) in [5.74, 6) is 5.51. The van der Waals surface area contributed by atoms with E-state index < -0.39 is 0 Å². The molecular formula is C21H35N. The number of hydrogen-bond donors (Lipinski definition) is 0. The number of hydrogen-bond acceptors (Lipinski definition) is 1. The van der Waals surface area contributed by atoms with E-state index in [1.54, 1.807) is 0 Å². The van der Waals surface area contributed by atoms with Gasteiger partial charge in [0.1, 0.15) is 0 Å². The molecular weight excluding hydrogens is 266 g/mol. The van der Waals surface area contributed by atoms with Crippen LogP contribution in [0.2, 0.25) is 0 Å². The van der Waals surface area contributed by atoms with Crippen molar-refractivity contribution >= 4 is 0 Å². The van der Waals surface area contributed by atoms with Gasteiger partial charge in [0.2, 0.25) is 0 Å². The van der Waals surface area contributed by atoms with Crippen LogP contribution in [-0.4, -0.2) is 0 Å². The van der Waals surface area contributed by atoms with Crippen molar-refractivity contribution in [3.63, 3.8) is 0 Å². The molecule has 0 heterocycles. The summed E-state index contributed by atoms with van der Waals surface area (Å²) in [7, 11) is 0. The minimum absolute atomic E-state index is 0.376. The zero-order chi connectivity index (χ0) is 15.4. The van der Waals surface area contributed by atoms with Crippen LogP contribution in [0.3, 0.4) is 0 Å². The van der Waals surface area contributed by atoms with Gasteiger partial charge in [-0.25, -0.2) is 0 Å². The molecule has 0 bridgehead atoms. The molecule has 0 aromatic rings. The molecule has 0 aromatic carbocycles. The molecule has 3 aliphatic rings. The Balaban J connectivity index is 1.40. The lowest BCUT2D eigenvalue weighted by molar-refractivity contribution is 0.108. The largest absolute Gasteiger partial charge is 0.198 e. The van der Waals surface area contributed by atoms with Gasteiger partial charge in [0.15, 0.2) is 0 Å². The van der Waals surface area contributed by atoms with E-state index in [1.807, 2.05) is 0 Å². The zero-order valence-electron chi connectivity index (χ0n) is 14.6. The Kier molecular flexibility index (Phi) is 5.83. The molecule has 0 radical (unpaired) electrons. The molecule has 0 spiro atoms. The Morgan fingerprint density at radius 1 is 0.636 bits per heavy atom. The maximum Gasteiger partial charge on any atom is 0.0655 e. The van der Waals surface area contributed by atoms with Crippen LogP contribution in [0.4, 0.5) is 0 Å². The third-order valence-corrected chi connectivity index (χ3v) is 7.57. The summed E-state index contributed by atoms with van der Waals surface area (Å²) >= 11 is 0. The van der Waals surface area contributed by atoms with Gasteiger partial charge in [-0.1, -0.05) is 26.2 Å². The van der Waals surface area contributed by atoms with E-state index in [0.717, 1.165) is 29.6 Å². The maximum atomic E-state index is 9.05. The molecule has 3 aliphatic carbocycles. The highest BCUT2D eigenvalue weighted by Crippen LogP contribution is 2.46. The van der Waals surface area contributed by atoms with E-state index in [0.29, 0.717) is 5.92 Å². The zero-order valence-corrected chi connectivity index (χ0v) is 14.6. The van der Waals surface area contributed by atoms with Crippen LogP contribution in [0.25, 0.3) is 0 Å². The Bertz CT molecular complexity index is 358. The lowest BCUT2D eigenvalue weighted by atomic mass is 9.65. The van der Waals surface area contributed by atoms with E-state index in [-0.39, 0.29) is 0 Å². The van der Waals surface area contributed by atoms with Gasteiger partial charge < -0.3 is 0 Å². The van der Waals surface area contributed by atoms with Crippen molar-refractivity contribution in [3.8, 4) is 6.07 Å². The summed E-state index contributed by atoms with van der Waals surface area (Å²) in [5, 5.41) is 9.05. The molecule has 0 atom stereocenters. The molecule has 3 fully saturated rings. The van der Waals surface area contributed by atoms with Crippen molar-refractivity contribution in [2.24, 2.45) is 35.5 Å². The van der Waals surface area contributed by atoms with Crippen LogP contribution >= 0.6 is 0 Å². The number of rotatable bonds is 3. The first-order valence-electron chi connectivity index (χ1n) is 10.2. The van der Waals surface area contributed by atoms with Crippen molar-refractivity contribution in [1.29, 1.82) is 5.26 Å². The Morgan fingerprint density at radius 2 is 1.00 bits per heavy atom. The second kappa shape index (κ2) is 7.85. The molecule has 22 heavy (non-hydrogen) atoms. The lowest BCUT2D eigenvalue weighted by Gasteiger charge is -2.41. The van der Waals surface area contributed by atoms with Gasteiger partial charge >= 0.3 is 0 Å². The van der Waals surface area contributed by atoms with E-state index in [1.165, 1.54) is 83.5 Å². The van der Waals surface area contributed by atoms with E-state index in [9.17, 15) is 0 Å². The standard InChI is InChI=1S/C21H35N/c1-2-16-3-7-18(8-4-16)20-11-13-21(14-12-20)19-9-5-17(15-22)6-10-19/h16-21H,2-14H2,1H3/t16-,17-,18-,19+,20?,21?. The minimum atomic E-state index is 0.376. The summed E-state index contributed by atoms with van der Waals surface area (Å²) in [6.45, 7) is 2.37. The van der Waals surface area contributed by atoms with Crippen molar-refractivity contribution in [1.82, 2.24) is 0 Å². The van der Waals surface area contributed by atoms with Gasteiger partial charge in [-0.15, -0.1) is 0 Å². The molecule has 0 aromatic heterocycles. The van der Waals surface area contributed by atoms with Gasteiger partial charge in [0.25, 0.3) is 0 Å². The van der Waals surface area contributed by atoms with Crippen molar-refractivity contribution in [2.45, 2.75) is 90.4 Å². The van der Waals surface area contributed by atoms with Crippen LogP contribution < -0.4 is 0 Å². The van der Waals surface area contributed by atoms with Crippen molar-refractivity contribution in [2.75, 3.05) is 0 Å². The maximum absolute atomic E-state index is 9.05. The van der Waals surface area contributed by atoms with Gasteiger partial charge in [-0.05, 0) is 93.8 Å². The topological polar surface area (TPSA) is 23.8 Å². The molecule has 0 N–H and O–H groups in total. The molecule has 0 saturated heterocycles. The third-order valence-electron chi connectivity index (χ3n) is 7.57. The number of nitrogens with zero attached hydrogens (tertiary/aromatic N) is 1. The molecule has 3 saturated carbocycles. The van der Waals surface area contributed by atoms with E-state index >= 15 is 0 Å². The summed E-state index contributed by atoms with van der Waals surface area (Å²) in [4.78, 5) is 0. The molecule has 124 valence electrons. The summed E-state index contributed by atoms with van der Waals surface area (Å²) < 4.78 is 0. The lowest BCUT2D eigenvalue weighted by Crippen LogP contribution is -2.29. The summed E-state index contributed by atoms with van der Waals surface area (Å²) in [5.41, 5.74) is 0.